The van der Waals surface area contributed by atoms with Gasteiger partial charge < -0.3 is 20.3 Å². The van der Waals surface area contributed by atoms with Gasteiger partial charge in [0.05, 0.1) is 7.11 Å². The Labute approximate surface area is 139 Å². The summed E-state index contributed by atoms with van der Waals surface area (Å²) in [5.41, 5.74) is 0.248. The quantitative estimate of drug-likeness (QED) is 0.845. The molecule has 0 bridgehead atoms. The third-order valence-corrected chi connectivity index (χ3v) is 4.39. The standard InChI is InChI=1S/C18H29N3O2/c1-18(2,20-15-7-9-16(23-4)10-8-15)17(22)19-12-14-6-5-11-21(3)13-14/h7-10,14,20H,5-6,11-13H2,1-4H3,(H,19,22)/t14-/m1/s1. The zero-order valence-corrected chi connectivity index (χ0v) is 14.7. The van der Waals surface area contributed by atoms with Crippen LogP contribution in [0.25, 0.3) is 0 Å². The summed E-state index contributed by atoms with van der Waals surface area (Å²) in [6.45, 7) is 6.78. The van der Waals surface area contributed by atoms with Crippen molar-refractivity contribution in [2.45, 2.75) is 32.2 Å². The Balaban J connectivity index is 1.85. The van der Waals surface area contributed by atoms with E-state index in [9.17, 15) is 4.79 Å². The van der Waals surface area contributed by atoms with Crippen molar-refractivity contribution in [3.05, 3.63) is 24.3 Å². The van der Waals surface area contributed by atoms with E-state index in [1.807, 2.05) is 38.1 Å². The van der Waals surface area contributed by atoms with Crippen molar-refractivity contribution in [1.29, 1.82) is 0 Å². The number of likely N-dealkylation sites (tertiary alicyclic amines) is 1. The van der Waals surface area contributed by atoms with Gasteiger partial charge in [0.1, 0.15) is 11.3 Å². The van der Waals surface area contributed by atoms with Crippen LogP contribution >= 0.6 is 0 Å². The molecule has 1 atom stereocenters. The number of benzene rings is 1. The average Bonchev–Trinajstić information content (AvgIpc) is 2.53. The molecule has 0 spiro atoms. The molecule has 5 heteroatoms. The number of carbonyl (C=O) groups is 1. The summed E-state index contributed by atoms with van der Waals surface area (Å²) in [6.07, 6.45) is 2.40. The summed E-state index contributed by atoms with van der Waals surface area (Å²) in [6, 6.07) is 7.61. The van der Waals surface area contributed by atoms with Crippen molar-refractivity contribution in [3.8, 4) is 5.75 Å². The number of rotatable bonds is 6. The van der Waals surface area contributed by atoms with Gasteiger partial charge in [0, 0.05) is 18.8 Å². The van der Waals surface area contributed by atoms with Gasteiger partial charge in [-0.15, -0.1) is 0 Å². The molecule has 1 fully saturated rings. The number of ether oxygens (including phenoxy) is 1. The van der Waals surface area contributed by atoms with Crippen LogP contribution in [0, 0.1) is 5.92 Å². The molecule has 0 aliphatic carbocycles. The lowest BCUT2D eigenvalue weighted by Crippen LogP contribution is -2.50. The summed E-state index contributed by atoms with van der Waals surface area (Å²) >= 11 is 0. The van der Waals surface area contributed by atoms with Gasteiger partial charge in [-0.1, -0.05) is 0 Å². The van der Waals surface area contributed by atoms with Gasteiger partial charge in [-0.2, -0.15) is 0 Å². The Hall–Kier alpha value is -1.75. The molecule has 1 heterocycles. The first kappa shape index (κ1) is 17.6. The van der Waals surface area contributed by atoms with E-state index in [1.54, 1.807) is 7.11 Å². The van der Waals surface area contributed by atoms with Crippen LogP contribution in [0.2, 0.25) is 0 Å². The van der Waals surface area contributed by atoms with Gasteiger partial charge in [0.15, 0.2) is 0 Å². The monoisotopic (exact) mass is 319 g/mol. The largest absolute Gasteiger partial charge is 0.497 e. The van der Waals surface area contributed by atoms with Gasteiger partial charge in [0.2, 0.25) is 5.91 Å². The average molecular weight is 319 g/mol. The van der Waals surface area contributed by atoms with Gasteiger partial charge >= 0.3 is 0 Å². The number of nitrogens with zero attached hydrogens (tertiary/aromatic N) is 1. The first-order chi connectivity index (χ1) is 10.9. The van der Waals surface area contributed by atoms with Crippen LogP contribution in [0.1, 0.15) is 26.7 Å². The van der Waals surface area contributed by atoms with E-state index < -0.39 is 5.54 Å². The minimum absolute atomic E-state index is 0.0292. The Bertz CT molecular complexity index is 514. The van der Waals surface area contributed by atoms with Crippen LogP contribution in [0.5, 0.6) is 5.75 Å². The molecule has 1 aliphatic heterocycles. The van der Waals surface area contributed by atoms with Crippen LogP contribution in [0.3, 0.4) is 0 Å². The maximum Gasteiger partial charge on any atom is 0.245 e. The SMILES string of the molecule is COc1ccc(NC(C)(C)C(=O)NC[C@H]2CCCN(C)C2)cc1. The maximum absolute atomic E-state index is 12.5. The number of nitrogens with one attached hydrogen (secondary N) is 2. The second-order valence-electron chi connectivity index (χ2n) is 6.96. The van der Waals surface area contributed by atoms with E-state index in [2.05, 4.69) is 22.6 Å². The lowest BCUT2D eigenvalue weighted by molar-refractivity contribution is -0.124. The van der Waals surface area contributed by atoms with E-state index in [4.69, 9.17) is 4.74 Å². The Morgan fingerprint density at radius 3 is 2.65 bits per heavy atom. The fraction of sp³-hybridized carbons (Fsp3) is 0.611. The molecule has 5 nitrogen and oxygen atoms in total. The lowest BCUT2D eigenvalue weighted by Gasteiger charge is -2.31. The molecule has 23 heavy (non-hydrogen) atoms. The molecule has 1 aromatic carbocycles. The van der Waals surface area contributed by atoms with Gasteiger partial charge in [-0.3, -0.25) is 4.79 Å². The molecular weight excluding hydrogens is 290 g/mol. The highest BCUT2D eigenvalue weighted by Gasteiger charge is 2.28. The van der Waals surface area contributed by atoms with E-state index in [1.165, 1.54) is 12.8 Å². The van der Waals surface area contributed by atoms with Crippen molar-refractivity contribution in [3.63, 3.8) is 0 Å². The molecule has 0 aromatic heterocycles. The highest BCUT2D eigenvalue weighted by Crippen LogP contribution is 2.20. The van der Waals surface area contributed by atoms with Crippen molar-refractivity contribution in [2.75, 3.05) is 39.1 Å². The first-order valence-corrected chi connectivity index (χ1v) is 8.30. The van der Waals surface area contributed by atoms with Crippen LogP contribution in [-0.2, 0) is 4.79 Å². The smallest absolute Gasteiger partial charge is 0.245 e. The van der Waals surface area contributed by atoms with Crippen molar-refractivity contribution >= 4 is 11.6 Å². The second kappa shape index (κ2) is 7.68. The molecule has 1 amide bonds. The zero-order valence-electron chi connectivity index (χ0n) is 14.7. The molecule has 1 saturated heterocycles. The summed E-state index contributed by atoms with van der Waals surface area (Å²) in [4.78, 5) is 14.8. The molecule has 1 aromatic rings. The second-order valence-corrected chi connectivity index (χ2v) is 6.96. The first-order valence-electron chi connectivity index (χ1n) is 8.30. The zero-order chi connectivity index (χ0) is 16.9. The summed E-state index contributed by atoms with van der Waals surface area (Å²) in [5, 5.41) is 6.39. The number of hydrogen-bond acceptors (Lipinski definition) is 4. The van der Waals surface area contributed by atoms with E-state index in [-0.39, 0.29) is 5.91 Å². The molecule has 0 unspecified atom stereocenters. The van der Waals surface area contributed by atoms with Crippen LogP contribution in [-0.4, -0.2) is 50.1 Å². The maximum atomic E-state index is 12.5. The summed E-state index contributed by atoms with van der Waals surface area (Å²) in [5.74, 6) is 1.38. The molecule has 2 N–H and O–H groups in total. The Kier molecular flexibility index (Phi) is 5.88. The predicted molar refractivity (Wildman–Crippen MR) is 93.9 cm³/mol. The number of piperidine rings is 1. The fourth-order valence-corrected chi connectivity index (χ4v) is 2.99. The predicted octanol–water partition coefficient (Wildman–Crippen LogP) is 2.34. The lowest BCUT2D eigenvalue weighted by atomic mass is 9.97. The van der Waals surface area contributed by atoms with Gasteiger partial charge in [-0.05, 0) is 70.5 Å². The Morgan fingerprint density at radius 1 is 1.35 bits per heavy atom. The number of carbonyl (C=O) groups excluding carboxylic acids is 1. The van der Waals surface area contributed by atoms with Crippen LogP contribution in [0.15, 0.2) is 24.3 Å². The van der Waals surface area contributed by atoms with Gasteiger partial charge in [0.25, 0.3) is 0 Å². The van der Waals surface area contributed by atoms with Crippen LogP contribution in [0.4, 0.5) is 5.69 Å². The third-order valence-electron chi connectivity index (χ3n) is 4.39. The molecule has 0 radical (unpaired) electrons. The fourth-order valence-electron chi connectivity index (χ4n) is 2.99. The normalized spacial score (nSPS) is 19.2. The summed E-state index contributed by atoms with van der Waals surface area (Å²) in [7, 11) is 3.78. The molecular formula is C18H29N3O2. The molecule has 128 valence electrons. The minimum Gasteiger partial charge on any atom is -0.497 e. The number of methoxy groups -OCH3 is 1. The molecule has 1 aliphatic rings. The van der Waals surface area contributed by atoms with Crippen molar-refractivity contribution < 1.29 is 9.53 Å². The highest BCUT2D eigenvalue weighted by atomic mass is 16.5. The highest BCUT2D eigenvalue weighted by molar-refractivity contribution is 5.88. The topological polar surface area (TPSA) is 53.6 Å². The molecule has 2 rings (SSSR count). The van der Waals surface area contributed by atoms with Crippen molar-refractivity contribution in [2.24, 2.45) is 5.92 Å². The van der Waals surface area contributed by atoms with Crippen molar-refractivity contribution in [1.82, 2.24) is 10.2 Å². The van der Waals surface area contributed by atoms with Crippen LogP contribution < -0.4 is 15.4 Å². The van der Waals surface area contributed by atoms with E-state index in [0.717, 1.165) is 31.1 Å². The number of hydrogen-bond donors (Lipinski definition) is 2. The van der Waals surface area contributed by atoms with Gasteiger partial charge in [-0.25, -0.2) is 0 Å². The minimum atomic E-state index is -0.658. The number of amides is 1. The summed E-state index contributed by atoms with van der Waals surface area (Å²) < 4.78 is 5.15. The van der Waals surface area contributed by atoms with E-state index >= 15 is 0 Å². The number of anilines is 1. The molecule has 0 saturated carbocycles. The Morgan fingerprint density at radius 2 is 2.04 bits per heavy atom. The third kappa shape index (κ3) is 5.13. The van der Waals surface area contributed by atoms with E-state index in [0.29, 0.717) is 5.92 Å².